The second-order valence-electron chi connectivity index (χ2n) is 6.20. The molecule has 152 valence electrons. The van der Waals surface area contributed by atoms with Crippen LogP contribution in [-0.2, 0) is 0 Å². The summed E-state index contributed by atoms with van der Waals surface area (Å²) in [5.74, 6) is -0.115. The Balaban J connectivity index is 1.96. The summed E-state index contributed by atoms with van der Waals surface area (Å²) < 4.78 is 10.4. The number of hydrogen-bond acceptors (Lipinski definition) is 6. The summed E-state index contributed by atoms with van der Waals surface area (Å²) in [7, 11) is 2.94. The number of nitro groups is 1. The van der Waals surface area contributed by atoms with Crippen LogP contribution >= 0.6 is 0 Å². The average Bonchev–Trinajstić information content (AvgIpc) is 2.78. The number of hydrogen-bond donors (Lipinski definition) is 1. The predicted octanol–water partition coefficient (Wildman–Crippen LogP) is 4.10. The number of rotatable bonds is 7. The van der Waals surface area contributed by atoms with E-state index < -0.39 is 16.6 Å². The first-order chi connectivity index (χ1) is 14.4. The van der Waals surface area contributed by atoms with Crippen LogP contribution in [0.2, 0.25) is 0 Å². The van der Waals surface area contributed by atoms with Crippen LogP contribution in [0.5, 0.6) is 11.5 Å². The molecule has 0 radical (unpaired) electrons. The Morgan fingerprint density at radius 2 is 1.57 bits per heavy atom. The standard InChI is InChI=1S/C22H18N2O6/c1-29-17-12-8-15(9-13-17)23-22(26)18-4-3-5-19(30-2)20(18)21(25)14-6-10-16(11-7-14)24(27)28/h3-13H,1-2H3,(H,23,26). The van der Waals surface area contributed by atoms with Crippen molar-refractivity contribution in [1.82, 2.24) is 0 Å². The van der Waals surface area contributed by atoms with Gasteiger partial charge in [0.05, 0.1) is 30.3 Å². The van der Waals surface area contributed by atoms with Crippen LogP contribution in [-0.4, -0.2) is 30.8 Å². The number of carbonyl (C=O) groups is 2. The van der Waals surface area contributed by atoms with E-state index >= 15 is 0 Å². The SMILES string of the molecule is COc1ccc(NC(=O)c2cccc(OC)c2C(=O)c2ccc([N+](=O)[O-])cc2)cc1. The molecule has 0 atom stereocenters. The van der Waals surface area contributed by atoms with Crippen LogP contribution in [0.3, 0.4) is 0 Å². The molecule has 1 amide bonds. The lowest BCUT2D eigenvalue weighted by Gasteiger charge is -2.13. The molecular formula is C22H18N2O6. The molecule has 0 unspecified atom stereocenters. The van der Waals surface area contributed by atoms with Crippen molar-refractivity contribution in [2.24, 2.45) is 0 Å². The van der Waals surface area contributed by atoms with E-state index in [4.69, 9.17) is 9.47 Å². The maximum absolute atomic E-state index is 13.1. The highest BCUT2D eigenvalue weighted by Gasteiger charge is 2.23. The highest BCUT2D eigenvalue weighted by molar-refractivity contribution is 6.19. The summed E-state index contributed by atoms with van der Waals surface area (Å²) in [6.07, 6.45) is 0. The lowest BCUT2D eigenvalue weighted by Crippen LogP contribution is -2.18. The van der Waals surface area contributed by atoms with E-state index in [0.717, 1.165) is 0 Å². The molecule has 3 aromatic rings. The van der Waals surface area contributed by atoms with Gasteiger partial charge >= 0.3 is 0 Å². The maximum Gasteiger partial charge on any atom is 0.269 e. The topological polar surface area (TPSA) is 108 Å². The molecule has 0 heterocycles. The zero-order chi connectivity index (χ0) is 21.7. The molecule has 0 aromatic heterocycles. The van der Waals surface area contributed by atoms with Crippen LogP contribution in [0.15, 0.2) is 66.7 Å². The molecule has 3 aromatic carbocycles. The fraction of sp³-hybridized carbons (Fsp3) is 0.0909. The minimum Gasteiger partial charge on any atom is -0.497 e. The summed E-state index contributed by atoms with van der Waals surface area (Å²) >= 11 is 0. The minimum atomic E-state index is -0.551. The Bertz CT molecular complexity index is 1090. The number of nitro benzene ring substituents is 1. The van der Waals surface area contributed by atoms with Crippen molar-refractivity contribution >= 4 is 23.1 Å². The van der Waals surface area contributed by atoms with Crippen molar-refractivity contribution in [3.8, 4) is 11.5 Å². The molecule has 0 bridgehead atoms. The third kappa shape index (κ3) is 4.27. The van der Waals surface area contributed by atoms with Gasteiger partial charge in [-0.15, -0.1) is 0 Å². The number of nitrogens with one attached hydrogen (secondary N) is 1. The van der Waals surface area contributed by atoms with Crippen molar-refractivity contribution in [2.45, 2.75) is 0 Å². The van der Waals surface area contributed by atoms with Gasteiger partial charge in [0.15, 0.2) is 5.78 Å². The first-order valence-electron chi connectivity index (χ1n) is 8.86. The van der Waals surface area contributed by atoms with E-state index in [2.05, 4.69) is 5.32 Å². The zero-order valence-corrected chi connectivity index (χ0v) is 16.2. The van der Waals surface area contributed by atoms with Crippen molar-refractivity contribution in [2.75, 3.05) is 19.5 Å². The summed E-state index contributed by atoms with van der Waals surface area (Å²) in [6, 6.07) is 16.6. The number of carbonyl (C=O) groups excluding carboxylic acids is 2. The summed E-state index contributed by atoms with van der Waals surface area (Å²) in [6.45, 7) is 0. The number of anilines is 1. The van der Waals surface area contributed by atoms with Gasteiger partial charge in [0.25, 0.3) is 11.6 Å². The van der Waals surface area contributed by atoms with Gasteiger partial charge in [-0.05, 0) is 48.5 Å². The lowest BCUT2D eigenvalue weighted by molar-refractivity contribution is -0.384. The first-order valence-corrected chi connectivity index (χ1v) is 8.86. The largest absolute Gasteiger partial charge is 0.497 e. The average molecular weight is 406 g/mol. The highest BCUT2D eigenvalue weighted by atomic mass is 16.6. The maximum atomic E-state index is 13.1. The van der Waals surface area contributed by atoms with Gasteiger partial charge in [-0.25, -0.2) is 0 Å². The van der Waals surface area contributed by atoms with Gasteiger partial charge in [-0.1, -0.05) is 6.07 Å². The third-order valence-corrected chi connectivity index (χ3v) is 4.41. The summed E-state index contributed by atoms with van der Waals surface area (Å²) in [5, 5.41) is 13.6. The van der Waals surface area contributed by atoms with Crippen LogP contribution in [0, 0.1) is 10.1 Å². The molecule has 8 heteroatoms. The normalized spacial score (nSPS) is 10.2. The van der Waals surface area contributed by atoms with E-state index in [1.54, 1.807) is 43.5 Å². The second kappa shape index (κ2) is 8.87. The monoisotopic (exact) mass is 406 g/mol. The van der Waals surface area contributed by atoms with Crippen LogP contribution in [0.1, 0.15) is 26.3 Å². The van der Waals surface area contributed by atoms with Crippen molar-refractivity contribution < 1.29 is 24.0 Å². The van der Waals surface area contributed by atoms with Crippen molar-refractivity contribution in [3.05, 3.63) is 93.5 Å². The van der Waals surface area contributed by atoms with E-state index in [1.807, 2.05) is 0 Å². The molecule has 0 saturated carbocycles. The van der Waals surface area contributed by atoms with Crippen LogP contribution in [0.25, 0.3) is 0 Å². The fourth-order valence-electron chi connectivity index (χ4n) is 2.88. The third-order valence-electron chi connectivity index (χ3n) is 4.41. The Hall–Kier alpha value is -4.20. The van der Waals surface area contributed by atoms with Gasteiger partial charge < -0.3 is 14.8 Å². The summed E-state index contributed by atoms with van der Waals surface area (Å²) in [5.41, 5.74) is 0.776. The van der Waals surface area contributed by atoms with Gasteiger partial charge in [0, 0.05) is 23.4 Å². The zero-order valence-electron chi connectivity index (χ0n) is 16.2. The minimum absolute atomic E-state index is 0.0693. The van der Waals surface area contributed by atoms with Crippen LogP contribution in [0.4, 0.5) is 11.4 Å². The lowest BCUT2D eigenvalue weighted by atomic mass is 9.96. The molecule has 1 N–H and O–H groups in total. The molecule has 3 rings (SSSR count). The number of non-ortho nitro benzene ring substituents is 1. The highest BCUT2D eigenvalue weighted by Crippen LogP contribution is 2.27. The fourth-order valence-corrected chi connectivity index (χ4v) is 2.88. The molecule has 30 heavy (non-hydrogen) atoms. The smallest absolute Gasteiger partial charge is 0.269 e. The number of methoxy groups -OCH3 is 2. The molecule has 0 saturated heterocycles. The van der Waals surface area contributed by atoms with Gasteiger partial charge in [0.1, 0.15) is 11.5 Å². The van der Waals surface area contributed by atoms with E-state index in [0.29, 0.717) is 11.4 Å². The summed E-state index contributed by atoms with van der Waals surface area (Å²) in [4.78, 5) is 36.3. The molecule has 8 nitrogen and oxygen atoms in total. The molecule has 0 spiro atoms. The molecule has 0 aliphatic rings. The molecule has 0 aliphatic heterocycles. The van der Waals surface area contributed by atoms with Gasteiger partial charge in [-0.3, -0.25) is 19.7 Å². The number of ether oxygens (including phenoxy) is 2. The number of nitrogens with zero attached hydrogens (tertiary/aromatic N) is 1. The second-order valence-corrected chi connectivity index (χ2v) is 6.20. The van der Waals surface area contributed by atoms with Gasteiger partial charge in [-0.2, -0.15) is 0 Å². The van der Waals surface area contributed by atoms with Gasteiger partial charge in [0.2, 0.25) is 0 Å². The van der Waals surface area contributed by atoms with Crippen molar-refractivity contribution in [1.29, 1.82) is 0 Å². The Kier molecular flexibility index (Phi) is 6.07. The first kappa shape index (κ1) is 20.5. The van der Waals surface area contributed by atoms with Crippen LogP contribution < -0.4 is 14.8 Å². The van der Waals surface area contributed by atoms with E-state index in [-0.39, 0.29) is 28.1 Å². The van der Waals surface area contributed by atoms with E-state index in [1.165, 1.54) is 37.4 Å². The molecular weight excluding hydrogens is 388 g/mol. The Morgan fingerprint density at radius 1 is 0.900 bits per heavy atom. The van der Waals surface area contributed by atoms with E-state index in [9.17, 15) is 19.7 Å². The predicted molar refractivity (Wildman–Crippen MR) is 110 cm³/mol. The number of amides is 1. The Labute approximate surface area is 172 Å². The number of ketones is 1. The van der Waals surface area contributed by atoms with Crippen molar-refractivity contribution in [3.63, 3.8) is 0 Å². The number of benzene rings is 3. The molecule has 0 fully saturated rings. The Morgan fingerprint density at radius 3 is 2.13 bits per heavy atom. The molecule has 0 aliphatic carbocycles. The quantitative estimate of drug-likeness (QED) is 0.360.